The van der Waals surface area contributed by atoms with E-state index in [0.717, 1.165) is 44.5 Å². The molecule has 2 aliphatic heterocycles. The number of nitrogens with zero attached hydrogens (tertiary/aromatic N) is 1. The van der Waals surface area contributed by atoms with Crippen molar-refractivity contribution in [2.45, 2.75) is 38.6 Å². The molecule has 2 saturated heterocycles. The SMILES string of the molecule is Cc1ccc(NC(=O)N2CCCC(CNC(=O)C3CCCN3)C2)cc1. The first-order chi connectivity index (χ1) is 12.1. The summed E-state index contributed by atoms with van der Waals surface area (Å²) in [4.78, 5) is 26.4. The van der Waals surface area contributed by atoms with Gasteiger partial charge in [-0.25, -0.2) is 4.79 Å². The van der Waals surface area contributed by atoms with Crippen LogP contribution in [0.2, 0.25) is 0 Å². The number of carbonyl (C=O) groups excluding carboxylic acids is 2. The Bertz CT molecular complexity index is 596. The van der Waals surface area contributed by atoms with Crippen LogP contribution in [0.3, 0.4) is 0 Å². The number of benzene rings is 1. The highest BCUT2D eigenvalue weighted by atomic mass is 16.2. The number of amides is 3. The second kappa shape index (κ2) is 8.34. The minimum atomic E-state index is -0.0580. The van der Waals surface area contributed by atoms with E-state index in [1.807, 2.05) is 36.1 Å². The van der Waals surface area contributed by atoms with E-state index in [0.29, 0.717) is 19.0 Å². The van der Waals surface area contributed by atoms with E-state index < -0.39 is 0 Å². The highest BCUT2D eigenvalue weighted by molar-refractivity contribution is 5.89. The summed E-state index contributed by atoms with van der Waals surface area (Å²) in [5.74, 6) is 0.418. The van der Waals surface area contributed by atoms with E-state index in [2.05, 4.69) is 16.0 Å². The predicted octanol–water partition coefficient (Wildman–Crippen LogP) is 2.11. The number of carbonyl (C=O) groups is 2. The van der Waals surface area contributed by atoms with E-state index in [1.165, 1.54) is 5.56 Å². The van der Waals surface area contributed by atoms with Crippen molar-refractivity contribution in [1.82, 2.24) is 15.5 Å². The molecule has 2 unspecified atom stereocenters. The van der Waals surface area contributed by atoms with Crippen molar-refractivity contribution in [3.63, 3.8) is 0 Å². The van der Waals surface area contributed by atoms with E-state index in [1.54, 1.807) is 0 Å². The molecule has 2 atom stereocenters. The van der Waals surface area contributed by atoms with Crippen LogP contribution >= 0.6 is 0 Å². The van der Waals surface area contributed by atoms with Crippen LogP contribution in [0.1, 0.15) is 31.2 Å². The third kappa shape index (κ3) is 4.95. The van der Waals surface area contributed by atoms with Crippen LogP contribution in [0.5, 0.6) is 0 Å². The maximum atomic E-state index is 12.5. The number of rotatable bonds is 4. The Morgan fingerprint density at radius 2 is 2.00 bits per heavy atom. The number of hydrogen-bond donors (Lipinski definition) is 3. The molecule has 0 spiro atoms. The largest absolute Gasteiger partial charge is 0.354 e. The molecule has 0 bridgehead atoms. The van der Waals surface area contributed by atoms with Crippen molar-refractivity contribution in [2.75, 3.05) is 31.5 Å². The first-order valence-corrected chi connectivity index (χ1v) is 9.25. The summed E-state index contributed by atoms with van der Waals surface area (Å²) < 4.78 is 0. The average molecular weight is 344 g/mol. The minimum absolute atomic E-state index is 0.0375. The number of likely N-dealkylation sites (tertiary alicyclic amines) is 1. The fourth-order valence-corrected chi connectivity index (χ4v) is 3.53. The third-order valence-electron chi connectivity index (χ3n) is 5.05. The molecular formula is C19H28N4O2. The van der Waals surface area contributed by atoms with Gasteiger partial charge in [-0.15, -0.1) is 0 Å². The first-order valence-electron chi connectivity index (χ1n) is 9.25. The molecule has 1 aromatic rings. The van der Waals surface area contributed by atoms with Crippen LogP contribution in [0.4, 0.5) is 10.5 Å². The number of aryl methyl sites for hydroxylation is 1. The Balaban J connectivity index is 1.46. The Labute approximate surface area is 149 Å². The highest BCUT2D eigenvalue weighted by Gasteiger charge is 2.26. The number of nitrogens with one attached hydrogen (secondary N) is 3. The molecule has 136 valence electrons. The van der Waals surface area contributed by atoms with Crippen LogP contribution in [0, 0.1) is 12.8 Å². The number of urea groups is 1. The van der Waals surface area contributed by atoms with Gasteiger partial charge in [0.1, 0.15) is 0 Å². The summed E-state index contributed by atoms with van der Waals surface area (Å²) in [6.45, 7) is 5.05. The first kappa shape index (κ1) is 17.7. The van der Waals surface area contributed by atoms with Gasteiger partial charge in [-0.05, 0) is 57.2 Å². The molecule has 3 amide bonds. The second-order valence-electron chi connectivity index (χ2n) is 7.14. The highest BCUT2D eigenvalue weighted by Crippen LogP contribution is 2.18. The summed E-state index contributed by atoms with van der Waals surface area (Å²) in [7, 11) is 0. The molecule has 6 nitrogen and oxygen atoms in total. The molecule has 0 radical (unpaired) electrons. The molecule has 3 N–H and O–H groups in total. The third-order valence-corrected chi connectivity index (χ3v) is 5.05. The molecule has 25 heavy (non-hydrogen) atoms. The van der Waals surface area contributed by atoms with Crippen LogP contribution in [0.15, 0.2) is 24.3 Å². The average Bonchev–Trinajstić information content (AvgIpc) is 3.16. The molecular weight excluding hydrogens is 316 g/mol. The lowest BCUT2D eigenvalue weighted by Crippen LogP contribution is -2.47. The van der Waals surface area contributed by atoms with Crippen LogP contribution in [-0.2, 0) is 4.79 Å². The number of hydrogen-bond acceptors (Lipinski definition) is 3. The molecule has 0 aromatic heterocycles. The van der Waals surface area contributed by atoms with Crippen molar-refractivity contribution in [3.8, 4) is 0 Å². The van der Waals surface area contributed by atoms with Crippen molar-refractivity contribution >= 4 is 17.6 Å². The van der Waals surface area contributed by atoms with Gasteiger partial charge < -0.3 is 20.9 Å². The maximum absolute atomic E-state index is 12.5. The molecule has 2 heterocycles. The lowest BCUT2D eigenvalue weighted by molar-refractivity contribution is -0.123. The van der Waals surface area contributed by atoms with Crippen LogP contribution < -0.4 is 16.0 Å². The van der Waals surface area contributed by atoms with E-state index in [9.17, 15) is 9.59 Å². The van der Waals surface area contributed by atoms with Gasteiger partial charge in [0.05, 0.1) is 6.04 Å². The van der Waals surface area contributed by atoms with Crippen molar-refractivity contribution < 1.29 is 9.59 Å². The molecule has 2 aliphatic rings. The number of anilines is 1. The van der Waals surface area contributed by atoms with Crippen molar-refractivity contribution in [2.24, 2.45) is 5.92 Å². The summed E-state index contributed by atoms with van der Waals surface area (Å²) >= 11 is 0. The fourth-order valence-electron chi connectivity index (χ4n) is 3.53. The van der Waals surface area contributed by atoms with E-state index in [-0.39, 0.29) is 18.0 Å². The molecule has 0 saturated carbocycles. The van der Waals surface area contributed by atoms with Gasteiger partial charge >= 0.3 is 6.03 Å². The predicted molar refractivity (Wildman–Crippen MR) is 98.5 cm³/mol. The van der Waals surface area contributed by atoms with Gasteiger partial charge in [0.2, 0.25) is 5.91 Å². The van der Waals surface area contributed by atoms with Gasteiger partial charge in [-0.3, -0.25) is 4.79 Å². The molecule has 6 heteroatoms. The Morgan fingerprint density at radius 1 is 1.20 bits per heavy atom. The quantitative estimate of drug-likeness (QED) is 0.783. The standard InChI is InChI=1S/C19H28N4O2/c1-14-6-8-16(9-7-14)22-19(25)23-11-3-4-15(13-23)12-21-18(24)17-5-2-10-20-17/h6-9,15,17,20H,2-5,10-13H2,1H3,(H,21,24)(H,22,25). The maximum Gasteiger partial charge on any atom is 0.321 e. The van der Waals surface area contributed by atoms with Gasteiger partial charge in [-0.2, -0.15) is 0 Å². The molecule has 1 aromatic carbocycles. The van der Waals surface area contributed by atoms with Gasteiger partial charge in [-0.1, -0.05) is 17.7 Å². The number of piperidine rings is 1. The zero-order valence-electron chi connectivity index (χ0n) is 14.9. The van der Waals surface area contributed by atoms with Gasteiger partial charge in [0.25, 0.3) is 0 Å². The zero-order valence-corrected chi connectivity index (χ0v) is 14.9. The van der Waals surface area contributed by atoms with E-state index in [4.69, 9.17) is 0 Å². The Hall–Kier alpha value is -2.08. The van der Waals surface area contributed by atoms with E-state index >= 15 is 0 Å². The Morgan fingerprint density at radius 3 is 2.72 bits per heavy atom. The molecule has 2 fully saturated rings. The summed E-state index contributed by atoms with van der Waals surface area (Å²) in [6, 6.07) is 7.72. The van der Waals surface area contributed by atoms with Crippen LogP contribution in [-0.4, -0.2) is 49.1 Å². The lowest BCUT2D eigenvalue weighted by atomic mass is 9.98. The zero-order chi connectivity index (χ0) is 17.6. The second-order valence-corrected chi connectivity index (χ2v) is 7.14. The van der Waals surface area contributed by atoms with Crippen LogP contribution in [0.25, 0.3) is 0 Å². The summed E-state index contributed by atoms with van der Waals surface area (Å²) in [6.07, 6.45) is 4.01. The van der Waals surface area contributed by atoms with Crippen molar-refractivity contribution in [3.05, 3.63) is 29.8 Å². The minimum Gasteiger partial charge on any atom is -0.354 e. The van der Waals surface area contributed by atoms with Crippen molar-refractivity contribution in [1.29, 1.82) is 0 Å². The Kier molecular flexibility index (Phi) is 5.91. The smallest absolute Gasteiger partial charge is 0.321 e. The van der Waals surface area contributed by atoms with Gasteiger partial charge in [0, 0.05) is 25.3 Å². The topological polar surface area (TPSA) is 73.5 Å². The van der Waals surface area contributed by atoms with Gasteiger partial charge in [0.15, 0.2) is 0 Å². The molecule has 0 aliphatic carbocycles. The monoisotopic (exact) mass is 344 g/mol. The molecule has 3 rings (SSSR count). The lowest BCUT2D eigenvalue weighted by Gasteiger charge is -2.33. The summed E-state index contributed by atoms with van der Waals surface area (Å²) in [5.41, 5.74) is 1.99. The summed E-state index contributed by atoms with van der Waals surface area (Å²) in [5, 5.41) is 9.22. The normalized spacial score (nSPS) is 23.3. The fraction of sp³-hybridized carbons (Fsp3) is 0.579.